The van der Waals surface area contributed by atoms with Crippen molar-refractivity contribution in [2.75, 3.05) is 6.61 Å². The SMILES string of the molecule is CC.O=C(CC(O)C(=O)O)OCC1CCC(N2C=CCC(C(=O)O)=C2)O1. The molecule has 3 unspecified atom stereocenters. The first kappa shape index (κ1) is 21.7. The molecule has 2 aliphatic rings. The zero-order chi connectivity index (χ0) is 19.7. The summed E-state index contributed by atoms with van der Waals surface area (Å²) in [6, 6.07) is 0. The molecule has 0 bridgehead atoms. The van der Waals surface area contributed by atoms with Crippen molar-refractivity contribution in [3.05, 3.63) is 24.0 Å². The minimum Gasteiger partial charge on any atom is -0.479 e. The van der Waals surface area contributed by atoms with Crippen LogP contribution in [0.15, 0.2) is 24.0 Å². The van der Waals surface area contributed by atoms with E-state index in [4.69, 9.17) is 24.8 Å². The number of hydrogen-bond donors (Lipinski definition) is 3. The smallest absolute Gasteiger partial charge is 0.333 e. The third-order valence-electron chi connectivity index (χ3n) is 3.69. The Morgan fingerprint density at radius 1 is 1.31 bits per heavy atom. The van der Waals surface area contributed by atoms with Gasteiger partial charge >= 0.3 is 17.9 Å². The third-order valence-corrected chi connectivity index (χ3v) is 3.69. The number of carbonyl (C=O) groups excluding carboxylic acids is 1. The number of hydrogen-bond acceptors (Lipinski definition) is 7. The summed E-state index contributed by atoms with van der Waals surface area (Å²) in [4.78, 5) is 34.5. The number of aliphatic hydroxyl groups is 1. The van der Waals surface area contributed by atoms with Gasteiger partial charge in [0.2, 0.25) is 0 Å². The van der Waals surface area contributed by atoms with Crippen LogP contribution in [0.3, 0.4) is 0 Å². The number of ether oxygens (including phenoxy) is 2. The number of esters is 1. The minimum atomic E-state index is -1.78. The fraction of sp³-hybridized carbons (Fsp3) is 0.588. The molecule has 2 rings (SSSR count). The topological polar surface area (TPSA) is 134 Å². The third kappa shape index (κ3) is 6.49. The first-order chi connectivity index (χ1) is 12.4. The Balaban J connectivity index is 0.00000163. The Morgan fingerprint density at radius 3 is 2.62 bits per heavy atom. The summed E-state index contributed by atoms with van der Waals surface area (Å²) >= 11 is 0. The van der Waals surface area contributed by atoms with E-state index >= 15 is 0 Å². The van der Waals surface area contributed by atoms with Crippen LogP contribution in [0, 0.1) is 0 Å². The highest BCUT2D eigenvalue weighted by atomic mass is 16.6. The van der Waals surface area contributed by atoms with Crippen LogP contribution in [0.2, 0.25) is 0 Å². The predicted molar refractivity (Wildman–Crippen MR) is 89.8 cm³/mol. The lowest BCUT2D eigenvalue weighted by atomic mass is 10.1. The highest BCUT2D eigenvalue weighted by Crippen LogP contribution is 2.26. The molecule has 0 aromatic heterocycles. The molecule has 0 saturated carbocycles. The van der Waals surface area contributed by atoms with Crippen molar-refractivity contribution in [3.8, 4) is 0 Å². The van der Waals surface area contributed by atoms with Crippen LogP contribution in [0.5, 0.6) is 0 Å². The Bertz CT molecular complexity index is 571. The summed E-state index contributed by atoms with van der Waals surface area (Å²) in [7, 11) is 0. The number of carbonyl (C=O) groups is 3. The first-order valence-electron chi connectivity index (χ1n) is 8.47. The second-order valence-electron chi connectivity index (χ2n) is 5.53. The number of rotatable bonds is 7. The van der Waals surface area contributed by atoms with Crippen LogP contribution in [0.1, 0.15) is 39.5 Å². The molecule has 0 radical (unpaired) electrons. The molecule has 146 valence electrons. The van der Waals surface area contributed by atoms with Gasteiger partial charge in [0.25, 0.3) is 0 Å². The van der Waals surface area contributed by atoms with E-state index in [0.29, 0.717) is 19.3 Å². The van der Waals surface area contributed by atoms with Gasteiger partial charge in [0.15, 0.2) is 6.10 Å². The van der Waals surface area contributed by atoms with Crippen LogP contribution < -0.4 is 0 Å². The highest BCUT2D eigenvalue weighted by molar-refractivity contribution is 5.87. The van der Waals surface area contributed by atoms with E-state index < -0.39 is 30.4 Å². The predicted octanol–water partition coefficient (Wildman–Crippen LogP) is 1.08. The molecule has 0 aromatic carbocycles. The molecule has 0 amide bonds. The summed E-state index contributed by atoms with van der Waals surface area (Å²) in [5, 5.41) is 26.6. The molecule has 3 N–H and O–H groups in total. The monoisotopic (exact) mass is 371 g/mol. The number of aliphatic carboxylic acids is 2. The number of aliphatic hydroxyl groups excluding tert-OH is 1. The van der Waals surface area contributed by atoms with Gasteiger partial charge in [-0.3, -0.25) is 4.79 Å². The molecule has 1 fully saturated rings. The van der Waals surface area contributed by atoms with Crippen molar-refractivity contribution >= 4 is 17.9 Å². The summed E-state index contributed by atoms with van der Waals surface area (Å²) in [6.45, 7) is 3.95. The summed E-state index contributed by atoms with van der Waals surface area (Å²) in [6.07, 6.45) is 3.48. The Kier molecular flexibility index (Phi) is 8.80. The maximum Gasteiger partial charge on any atom is 0.333 e. The van der Waals surface area contributed by atoms with Crippen LogP contribution >= 0.6 is 0 Å². The fourth-order valence-corrected chi connectivity index (χ4v) is 2.42. The zero-order valence-electron chi connectivity index (χ0n) is 14.8. The number of allylic oxidation sites excluding steroid dienone is 1. The largest absolute Gasteiger partial charge is 0.479 e. The summed E-state index contributed by atoms with van der Waals surface area (Å²) in [5.74, 6) is -3.28. The van der Waals surface area contributed by atoms with Gasteiger partial charge in [-0.15, -0.1) is 0 Å². The molecule has 2 heterocycles. The van der Waals surface area contributed by atoms with Crippen molar-refractivity contribution in [2.24, 2.45) is 0 Å². The minimum absolute atomic E-state index is 0.0469. The number of carboxylic acids is 2. The quantitative estimate of drug-likeness (QED) is 0.562. The van der Waals surface area contributed by atoms with Crippen LogP contribution in [0.25, 0.3) is 0 Å². The van der Waals surface area contributed by atoms with Crippen molar-refractivity contribution < 1.29 is 39.2 Å². The van der Waals surface area contributed by atoms with Crippen LogP contribution in [-0.2, 0) is 23.9 Å². The van der Waals surface area contributed by atoms with Crippen molar-refractivity contribution in [3.63, 3.8) is 0 Å². The molecule has 9 nitrogen and oxygen atoms in total. The van der Waals surface area contributed by atoms with Gasteiger partial charge in [0, 0.05) is 18.8 Å². The average Bonchev–Trinajstić information content (AvgIpc) is 3.10. The van der Waals surface area contributed by atoms with E-state index in [1.54, 1.807) is 17.2 Å². The van der Waals surface area contributed by atoms with Gasteiger partial charge in [0.05, 0.1) is 18.1 Å². The summed E-state index contributed by atoms with van der Waals surface area (Å²) in [5.41, 5.74) is 0.263. The van der Waals surface area contributed by atoms with Gasteiger partial charge in [-0.05, 0) is 12.8 Å². The van der Waals surface area contributed by atoms with E-state index in [1.807, 2.05) is 13.8 Å². The molecule has 0 aromatic rings. The highest BCUT2D eigenvalue weighted by Gasteiger charge is 2.30. The zero-order valence-corrected chi connectivity index (χ0v) is 14.8. The molecule has 3 atom stereocenters. The second kappa shape index (κ2) is 10.6. The van der Waals surface area contributed by atoms with Gasteiger partial charge in [-0.2, -0.15) is 0 Å². The van der Waals surface area contributed by atoms with Gasteiger partial charge in [0.1, 0.15) is 12.8 Å². The van der Waals surface area contributed by atoms with Gasteiger partial charge in [-0.1, -0.05) is 19.9 Å². The van der Waals surface area contributed by atoms with E-state index in [0.717, 1.165) is 0 Å². The first-order valence-corrected chi connectivity index (χ1v) is 8.47. The Morgan fingerprint density at radius 2 is 2.00 bits per heavy atom. The van der Waals surface area contributed by atoms with E-state index in [9.17, 15) is 14.4 Å². The fourth-order valence-electron chi connectivity index (χ4n) is 2.42. The van der Waals surface area contributed by atoms with Crippen LogP contribution in [0.4, 0.5) is 0 Å². The van der Waals surface area contributed by atoms with Gasteiger partial charge in [-0.25, -0.2) is 9.59 Å². The molecule has 9 heteroatoms. The molecule has 26 heavy (non-hydrogen) atoms. The molecular weight excluding hydrogens is 346 g/mol. The normalized spacial score (nSPS) is 22.7. The standard InChI is InChI=1S/C15H19NO8.C2H6/c17-11(15(21)22)6-13(18)23-8-10-3-4-12(24-10)16-5-1-2-9(7-16)14(19)20;1-2/h1,5,7,10-12,17H,2-4,6,8H2,(H,19,20)(H,21,22);1-2H3. The van der Waals surface area contributed by atoms with E-state index in [-0.39, 0.29) is 24.5 Å². The molecule has 0 aliphatic carbocycles. The lowest BCUT2D eigenvalue weighted by molar-refractivity contribution is -0.158. The van der Waals surface area contributed by atoms with Crippen molar-refractivity contribution in [1.29, 1.82) is 0 Å². The molecule has 1 saturated heterocycles. The summed E-state index contributed by atoms with van der Waals surface area (Å²) < 4.78 is 10.6. The average molecular weight is 371 g/mol. The maximum absolute atomic E-state index is 11.4. The van der Waals surface area contributed by atoms with E-state index in [1.165, 1.54) is 6.20 Å². The van der Waals surface area contributed by atoms with Crippen LogP contribution in [-0.4, -0.2) is 63.2 Å². The molecule has 2 aliphatic heterocycles. The number of carboxylic acid groups (broad SMARTS) is 2. The Hall–Kier alpha value is -2.39. The van der Waals surface area contributed by atoms with E-state index in [2.05, 4.69) is 0 Å². The number of nitrogens with zero attached hydrogens (tertiary/aromatic N) is 1. The lowest BCUT2D eigenvalue weighted by Gasteiger charge is -2.26. The Labute approximate surface area is 151 Å². The van der Waals surface area contributed by atoms with Gasteiger partial charge < -0.3 is 29.7 Å². The lowest BCUT2D eigenvalue weighted by Crippen LogP contribution is -2.30. The molecule has 0 spiro atoms. The second-order valence-corrected chi connectivity index (χ2v) is 5.53. The molecular formula is C17H25NO8. The maximum atomic E-state index is 11.4. The van der Waals surface area contributed by atoms with Crippen molar-refractivity contribution in [1.82, 2.24) is 4.90 Å². The van der Waals surface area contributed by atoms with Crippen molar-refractivity contribution in [2.45, 2.75) is 58.0 Å².